The number of aromatic nitrogens is 6. The van der Waals surface area contributed by atoms with Crippen molar-refractivity contribution in [3.05, 3.63) is 73.0 Å². The van der Waals surface area contributed by atoms with Gasteiger partial charge in [-0.05, 0) is 36.6 Å². The van der Waals surface area contributed by atoms with Crippen LogP contribution < -0.4 is 0 Å². The van der Waals surface area contributed by atoms with E-state index in [2.05, 4.69) is 25.0 Å². The fraction of sp³-hybridized carbons (Fsp3) is 0.238. The molecule has 1 aliphatic heterocycles. The maximum Gasteiger partial charge on any atom is 0.259 e. The summed E-state index contributed by atoms with van der Waals surface area (Å²) in [4.78, 5) is 32.3. The van der Waals surface area contributed by atoms with Crippen LogP contribution in [-0.4, -0.2) is 53.4 Å². The standard InChI is InChI=1S/C21H19N7O/c29-21(18-12-26-28-10-2-6-24-20(18)28)27-9-1-3-16(13-27)19-17(11-23-14-25-19)15-4-7-22-8-5-15/h2,4-8,10-12,14,16H,1,3,9,13H2/t16-/m1/s1. The van der Waals surface area contributed by atoms with Crippen molar-refractivity contribution in [2.45, 2.75) is 18.8 Å². The summed E-state index contributed by atoms with van der Waals surface area (Å²) in [6, 6.07) is 5.71. The maximum absolute atomic E-state index is 13.2. The van der Waals surface area contributed by atoms with Crippen molar-refractivity contribution in [2.75, 3.05) is 13.1 Å². The van der Waals surface area contributed by atoms with E-state index in [-0.39, 0.29) is 11.8 Å². The monoisotopic (exact) mass is 385 g/mol. The van der Waals surface area contributed by atoms with Gasteiger partial charge in [0.25, 0.3) is 5.91 Å². The summed E-state index contributed by atoms with van der Waals surface area (Å²) in [5, 5.41) is 4.25. The highest BCUT2D eigenvalue weighted by molar-refractivity contribution is 5.99. The molecule has 1 amide bonds. The number of amides is 1. The van der Waals surface area contributed by atoms with E-state index in [1.54, 1.807) is 47.9 Å². The van der Waals surface area contributed by atoms with E-state index >= 15 is 0 Å². The molecule has 0 N–H and O–H groups in total. The van der Waals surface area contributed by atoms with Crippen molar-refractivity contribution in [1.82, 2.24) is 34.4 Å². The van der Waals surface area contributed by atoms with Gasteiger partial charge in [0.2, 0.25) is 0 Å². The number of pyridine rings is 1. The minimum absolute atomic E-state index is 0.0390. The lowest BCUT2D eigenvalue weighted by Gasteiger charge is -2.33. The summed E-state index contributed by atoms with van der Waals surface area (Å²) >= 11 is 0. The molecule has 5 rings (SSSR count). The van der Waals surface area contributed by atoms with Gasteiger partial charge in [0.1, 0.15) is 11.9 Å². The Morgan fingerprint density at radius 2 is 1.97 bits per heavy atom. The fourth-order valence-corrected chi connectivity index (χ4v) is 3.95. The molecule has 0 saturated carbocycles. The first-order valence-electron chi connectivity index (χ1n) is 9.59. The Balaban J connectivity index is 1.44. The normalized spacial score (nSPS) is 16.8. The summed E-state index contributed by atoms with van der Waals surface area (Å²) in [5.41, 5.74) is 4.11. The van der Waals surface area contributed by atoms with Gasteiger partial charge in [0.05, 0.1) is 11.9 Å². The van der Waals surface area contributed by atoms with Crippen LogP contribution in [0.1, 0.15) is 34.8 Å². The van der Waals surface area contributed by atoms with Crippen LogP contribution in [0.25, 0.3) is 16.8 Å². The number of likely N-dealkylation sites (tertiary alicyclic amines) is 1. The molecule has 1 fully saturated rings. The number of hydrogen-bond donors (Lipinski definition) is 0. The molecule has 0 bridgehead atoms. The smallest absolute Gasteiger partial charge is 0.259 e. The van der Waals surface area contributed by atoms with Crippen LogP contribution in [0, 0.1) is 0 Å². The van der Waals surface area contributed by atoms with E-state index in [0.29, 0.717) is 17.8 Å². The molecule has 0 spiro atoms. The Hall–Kier alpha value is -3.68. The number of fused-ring (bicyclic) bond motifs is 1. The molecule has 4 aromatic heterocycles. The van der Waals surface area contributed by atoms with Crippen molar-refractivity contribution in [3.63, 3.8) is 0 Å². The van der Waals surface area contributed by atoms with Crippen molar-refractivity contribution in [1.29, 1.82) is 0 Å². The van der Waals surface area contributed by atoms with Crippen LogP contribution in [0.5, 0.6) is 0 Å². The molecule has 144 valence electrons. The maximum atomic E-state index is 13.2. The third-order valence-corrected chi connectivity index (χ3v) is 5.34. The Morgan fingerprint density at radius 3 is 2.86 bits per heavy atom. The third-order valence-electron chi connectivity index (χ3n) is 5.34. The highest BCUT2D eigenvalue weighted by Crippen LogP contribution is 2.33. The van der Waals surface area contributed by atoms with Gasteiger partial charge in [0, 0.05) is 55.6 Å². The van der Waals surface area contributed by atoms with Crippen molar-refractivity contribution in [2.24, 2.45) is 0 Å². The van der Waals surface area contributed by atoms with E-state index in [4.69, 9.17) is 0 Å². The molecule has 1 saturated heterocycles. The summed E-state index contributed by atoms with van der Waals surface area (Å²) < 4.78 is 1.63. The molecule has 1 aliphatic rings. The molecule has 8 heteroatoms. The van der Waals surface area contributed by atoms with Crippen LogP contribution in [0.15, 0.2) is 61.7 Å². The second kappa shape index (κ2) is 7.38. The van der Waals surface area contributed by atoms with Gasteiger partial charge in [-0.25, -0.2) is 19.5 Å². The van der Waals surface area contributed by atoms with Crippen LogP contribution in [0.4, 0.5) is 0 Å². The van der Waals surface area contributed by atoms with E-state index < -0.39 is 0 Å². The topological polar surface area (TPSA) is 89.2 Å². The van der Waals surface area contributed by atoms with E-state index in [0.717, 1.165) is 36.2 Å². The quantitative estimate of drug-likeness (QED) is 0.539. The second-order valence-electron chi connectivity index (χ2n) is 7.09. The van der Waals surface area contributed by atoms with Crippen LogP contribution in [0.3, 0.4) is 0 Å². The first kappa shape index (κ1) is 17.4. The Morgan fingerprint density at radius 1 is 1.07 bits per heavy atom. The van der Waals surface area contributed by atoms with Gasteiger partial charge >= 0.3 is 0 Å². The number of hydrogen-bond acceptors (Lipinski definition) is 6. The van der Waals surface area contributed by atoms with Crippen LogP contribution >= 0.6 is 0 Å². The molecular formula is C21H19N7O. The average Bonchev–Trinajstić information content (AvgIpc) is 3.23. The first-order valence-corrected chi connectivity index (χ1v) is 9.59. The van der Waals surface area contributed by atoms with Gasteiger partial charge in [-0.15, -0.1) is 0 Å². The van der Waals surface area contributed by atoms with Gasteiger partial charge in [0.15, 0.2) is 5.65 Å². The summed E-state index contributed by atoms with van der Waals surface area (Å²) in [6.07, 6.45) is 13.9. The summed E-state index contributed by atoms with van der Waals surface area (Å²) in [5.74, 6) is 0.108. The zero-order valence-corrected chi connectivity index (χ0v) is 15.7. The number of carbonyl (C=O) groups excluding carboxylic acids is 1. The van der Waals surface area contributed by atoms with Crippen LogP contribution in [-0.2, 0) is 0 Å². The third kappa shape index (κ3) is 3.22. The molecule has 29 heavy (non-hydrogen) atoms. The van der Waals surface area contributed by atoms with Crippen molar-refractivity contribution in [3.8, 4) is 11.1 Å². The first-order chi connectivity index (χ1) is 14.3. The lowest BCUT2D eigenvalue weighted by atomic mass is 9.90. The number of rotatable bonds is 3. The molecule has 0 aliphatic carbocycles. The van der Waals surface area contributed by atoms with Crippen molar-refractivity contribution < 1.29 is 4.79 Å². The Bertz CT molecular complexity index is 1160. The van der Waals surface area contributed by atoms with Gasteiger partial charge in [-0.3, -0.25) is 9.78 Å². The lowest BCUT2D eigenvalue weighted by Crippen LogP contribution is -2.39. The predicted octanol–water partition coefficient (Wildman–Crippen LogP) is 2.60. The SMILES string of the molecule is O=C(c1cnn2cccnc12)N1CCC[C@@H](c2ncncc2-c2ccncc2)C1. The average molecular weight is 385 g/mol. The molecule has 4 aromatic rings. The fourth-order valence-electron chi connectivity index (χ4n) is 3.95. The lowest BCUT2D eigenvalue weighted by molar-refractivity contribution is 0.0707. The van der Waals surface area contributed by atoms with E-state index in [1.165, 1.54) is 0 Å². The molecule has 0 aromatic carbocycles. The zero-order valence-electron chi connectivity index (χ0n) is 15.7. The van der Waals surface area contributed by atoms with Gasteiger partial charge < -0.3 is 4.90 Å². The van der Waals surface area contributed by atoms with Crippen LogP contribution in [0.2, 0.25) is 0 Å². The molecule has 0 unspecified atom stereocenters. The van der Waals surface area contributed by atoms with Crippen molar-refractivity contribution >= 4 is 11.6 Å². The molecule has 8 nitrogen and oxygen atoms in total. The second-order valence-corrected chi connectivity index (χ2v) is 7.09. The number of nitrogens with zero attached hydrogens (tertiary/aromatic N) is 7. The molecule has 0 radical (unpaired) electrons. The van der Waals surface area contributed by atoms with Gasteiger partial charge in [-0.2, -0.15) is 5.10 Å². The zero-order chi connectivity index (χ0) is 19.6. The van der Waals surface area contributed by atoms with Gasteiger partial charge in [-0.1, -0.05) is 0 Å². The minimum Gasteiger partial charge on any atom is -0.338 e. The highest BCUT2D eigenvalue weighted by atomic mass is 16.2. The number of piperidine rings is 1. The summed E-state index contributed by atoms with van der Waals surface area (Å²) in [7, 11) is 0. The molecule has 1 atom stereocenters. The minimum atomic E-state index is -0.0390. The predicted molar refractivity (Wildman–Crippen MR) is 106 cm³/mol. The highest BCUT2D eigenvalue weighted by Gasteiger charge is 2.29. The van der Waals surface area contributed by atoms with E-state index in [9.17, 15) is 4.79 Å². The Kier molecular flexibility index (Phi) is 4.44. The number of carbonyl (C=O) groups is 1. The largest absolute Gasteiger partial charge is 0.338 e. The molecular weight excluding hydrogens is 366 g/mol. The van der Waals surface area contributed by atoms with E-state index in [1.807, 2.05) is 23.2 Å². The molecule has 5 heterocycles. The Labute approximate surface area is 167 Å². The summed E-state index contributed by atoms with van der Waals surface area (Å²) in [6.45, 7) is 1.33.